The third kappa shape index (κ3) is 3.85. The molecular formula is C19H25N3O3. The second kappa shape index (κ2) is 7.27. The molecule has 1 fully saturated rings. The normalized spacial score (nSPS) is 16.7. The second-order valence-electron chi connectivity index (χ2n) is 6.70. The Hall–Kier alpha value is -2.34. The van der Waals surface area contributed by atoms with Crippen LogP contribution in [-0.4, -0.2) is 35.4 Å². The molecular weight excluding hydrogens is 318 g/mol. The highest BCUT2D eigenvalue weighted by molar-refractivity contribution is 5.94. The maximum atomic E-state index is 12.5. The lowest BCUT2D eigenvalue weighted by atomic mass is 10.1. The van der Waals surface area contributed by atoms with E-state index in [2.05, 4.69) is 15.4 Å². The summed E-state index contributed by atoms with van der Waals surface area (Å²) < 4.78 is 5.17. The molecule has 25 heavy (non-hydrogen) atoms. The van der Waals surface area contributed by atoms with Crippen molar-refractivity contribution < 1.29 is 14.4 Å². The van der Waals surface area contributed by atoms with Gasteiger partial charge in [-0.2, -0.15) is 0 Å². The summed E-state index contributed by atoms with van der Waals surface area (Å²) in [6, 6.07) is 7.45. The number of nitrogens with zero attached hydrogens (tertiary/aromatic N) is 2. The van der Waals surface area contributed by atoms with E-state index >= 15 is 0 Å². The highest BCUT2D eigenvalue weighted by Gasteiger charge is 2.20. The zero-order valence-corrected chi connectivity index (χ0v) is 15.0. The third-order valence-corrected chi connectivity index (χ3v) is 4.83. The van der Waals surface area contributed by atoms with Gasteiger partial charge in [0.05, 0.1) is 17.8 Å². The van der Waals surface area contributed by atoms with Crippen molar-refractivity contribution in [2.24, 2.45) is 0 Å². The largest absolute Gasteiger partial charge is 0.393 e. The first-order valence-corrected chi connectivity index (χ1v) is 8.72. The van der Waals surface area contributed by atoms with Crippen LogP contribution in [0.5, 0.6) is 0 Å². The fourth-order valence-corrected chi connectivity index (χ4v) is 3.41. The van der Waals surface area contributed by atoms with E-state index in [9.17, 15) is 9.90 Å². The molecule has 0 aliphatic carbocycles. The lowest BCUT2D eigenvalue weighted by Crippen LogP contribution is -2.35. The minimum absolute atomic E-state index is 0.117. The van der Waals surface area contributed by atoms with Crippen molar-refractivity contribution >= 4 is 11.6 Å². The zero-order valence-electron chi connectivity index (χ0n) is 15.0. The van der Waals surface area contributed by atoms with E-state index in [1.54, 1.807) is 0 Å². The first-order valence-electron chi connectivity index (χ1n) is 8.72. The van der Waals surface area contributed by atoms with Gasteiger partial charge in [0.25, 0.3) is 5.91 Å². The van der Waals surface area contributed by atoms with Crippen molar-refractivity contribution in [2.45, 2.75) is 45.8 Å². The van der Waals surface area contributed by atoms with Crippen molar-refractivity contribution in [3.05, 3.63) is 46.8 Å². The van der Waals surface area contributed by atoms with Gasteiger partial charge in [-0.25, -0.2) is 0 Å². The molecule has 0 spiro atoms. The molecule has 1 aliphatic rings. The van der Waals surface area contributed by atoms with Crippen molar-refractivity contribution in [3.63, 3.8) is 0 Å². The minimum atomic E-state index is -0.188. The number of benzene rings is 1. The molecule has 0 radical (unpaired) electrons. The van der Waals surface area contributed by atoms with Gasteiger partial charge in [0, 0.05) is 29.9 Å². The third-order valence-electron chi connectivity index (χ3n) is 4.83. The maximum absolute atomic E-state index is 12.5. The molecule has 0 bridgehead atoms. The first-order chi connectivity index (χ1) is 12.0. The average molecular weight is 343 g/mol. The zero-order chi connectivity index (χ0) is 18.0. The Labute approximate surface area is 147 Å². The number of carbonyl (C=O) groups is 1. The molecule has 134 valence electrons. The van der Waals surface area contributed by atoms with Crippen LogP contribution in [0.3, 0.4) is 0 Å². The van der Waals surface area contributed by atoms with Crippen molar-refractivity contribution in [1.82, 2.24) is 10.5 Å². The van der Waals surface area contributed by atoms with Gasteiger partial charge >= 0.3 is 0 Å². The van der Waals surface area contributed by atoms with E-state index in [4.69, 9.17) is 4.52 Å². The van der Waals surface area contributed by atoms with Gasteiger partial charge in [0.15, 0.2) is 0 Å². The molecule has 2 heterocycles. The molecule has 1 amide bonds. The van der Waals surface area contributed by atoms with E-state index in [0.29, 0.717) is 5.56 Å². The van der Waals surface area contributed by atoms with E-state index in [1.807, 2.05) is 45.0 Å². The van der Waals surface area contributed by atoms with E-state index in [0.717, 1.165) is 48.6 Å². The number of nitrogens with one attached hydrogen (secondary N) is 1. The summed E-state index contributed by atoms with van der Waals surface area (Å²) >= 11 is 0. The summed E-state index contributed by atoms with van der Waals surface area (Å²) in [6.45, 7) is 7.34. The Morgan fingerprint density at radius 2 is 1.92 bits per heavy atom. The fourth-order valence-electron chi connectivity index (χ4n) is 3.41. The number of hydrogen-bond donors (Lipinski definition) is 2. The van der Waals surface area contributed by atoms with Crippen LogP contribution in [0.4, 0.5) is 5.69 Å². The van der Waals surface area contributed by atoms with Crippen LogP contribution in [0.15, 0.2) is 28.8 Å². The van der Waals surface area contributed by atoms with Crippen LogP contribution in [0.2, 0.25) is 0 Å². The lowest BCUT2D eigenvalue weighted by Gasteiger charge is -2.31. The van der Waals surface area contributed by atoms with Crippen LogP contribution >= 0.6 is 0 Å². The fraction of sp³-hybridized carbons (Fsp3) is 0.474. The standard InChI is InChI=1S/C19H25N3O3/c1-12(18-13(2)21-25-14(18)3)20-19(24)15-4-6-16(7-5-15)22-10-8-17(23)9-11-22/h4-7,12,17,23H,8-11H2,1-3H3,(H,20,24). The Balaban J connectivity index is 1.65. The Morgan fingerprint density at radius 3 is 2.48 bits per heavy atom. The van der Waals surface area contributed by atoms with E-state index < -0.39 is 0 Å². The molecule has 3 rings (SSSR count). The number of aliphatic hydroxyl groups excluding tert-OH is 1. The van der Waals surface area contributed by atoms with Crippen molar-refractivity contribution in [3.8, 4) is 0 Å². The lowest BCUT2D eigenvalue weighted by molar-refractivity contribution is 0.0939. The second-order valence-corrected chi connectivity index (χ2v) is 6.70. The Bertz CT molecular complexity index is 711. The maximum Gasteiger partial charge on any atom is 0.251 e. The van der Waals surface area contributed by atoms with Gasteiger partial charge < -0.3 is 19.8 Å². The highest BCUT2D eigenvalue weighted by Crippen LogP contribution is 2.23. The van der Waals surface area contributed by atoms with Crippen LogP contribution in [0, 0.1) is 13.8 Å². The monoisotopic (exact) mass is 343 g/mol. The van der Waals surface area contributed by atoms with Gasteiger partial charge in [-0.3, -0.25) is 4.79 Å². The van der Waals surface area contributed by atoms with E-state index in [-0.39, 0.29) is 18.1 Å². The van der Waals surface area contributed by atoms with Crippen LogP contribution in [0.1, 0.15) is 53.2 Å². The van der Waals surface area contributed by atoms with Gasteiger partial charge in [0.2, 0.25) is 0 Å². The molecule has 0 saturated carbocycles. The van der Waals surface area contributed by atoms with Crippen LogP contribution < -0.4 is 10.2 Å². The van der Waals surface area contributed by atoms with Gasteiger partial charge in [-0.05, 0) is 57.9 Å². The summed E-state index contributed by atoms with van der Waals surface area (Å²) in [6.07, 6.45) is 1.39. The molecule has 1 aromatic heterocycles. The summed E-state index contributed by atoms with van der Waals surface area (Å²) in [4.78, 5) is 14.7. The van der Waals surface area contributed by atoms with Crippen LogP contribution in [-0.2, 0) is 0 Å². The number of anilines is 1. The topological polar surface area (TPSA) is 78.6 Å². The molecule has 1 atom stereocenters. The summed E-state index contributed by atoms with van der Waals surface area (Å²) in [5.41, 5.74) is 3.44. The predicted molar refractivity (Wildman–Crippen MR) is 95.8 cm³/mol. The minimum Gasteiger partial charge on any atom is -0.393 e. The number of hydrogen-bond acceptors (Lipinski definition) is 5. The SMILES string of the molecule is Cc1noc(C)c1C(C)NC(=O)c1ccc(N2CCC(O)CC2)cc1. The smallest absolute Gasteiger partial charge is 0.251 e. The number of aryl methyl sites for hydroxylation is 2. The Morgan fingerprint density at radius 1 is 1.28 bits per heavy atom. The van der Waals surface area contributed by atoms with Gasteiger partial charge in [-0.1, -0.05) is 5.16 Å². The van der Waals surface area contributed by atoms with Crippen LogP contribution in [0.25, 0.3) is 0 Å². The van der Waals surface area contributed by atoms with Gasteiger partial charge in [-0.15, -0.1) is 0 Å². The number of piperidine rings is 1. The Kier molecular flexibility index (Phi) is 5.08. The number of aliphatic hydroxyl groups is 1. The quantitative estimate of drug-likeness (QED) is 0.892. The molecule has 1 aromatic carbocycles. The van der Waals surface area contributed by atoms with Crippen molar-refractivity contribution in [1.29, 1.82) is 0 Å². The summed E-state index contributed by atoms with van der Waals surface area (Å²) in [5.74, 6) is 0.612. The summed E-state index contributed by atoms with van der Waals surface area (Å²) in [7, 11) is 0. The van der Waals surface area contributed by atoms with Crippen molar-refractivity contribution in [2.75, 3.05) is 18.0 Å². The number of carbonyl (C=O) groups excluding carboxylic acids is 1. The number of aromatic nitrogens is 1. The van der Waals surface area contributed by atoms with E-state index in [1.165, 1.54) is 0 Å². The molecule has 6 heteroatoms. The molecule has 1 saturated heterocycles. The molecule has 1 unspecified atom stereocenters. The number of rotatable bonds is 4. The number of amides is 1. The molecule has 2 aromatic rings. The summed E-state index contributed by atoms with van der Waals surface area (Å²) in [5, 5.41) is 16.5. The average Bonchev–Trinajstić information content (AvgIpc) is 2.94. The highest BCUT2D eigenvalue weighted by atomic mass is 16.5. The molecule has 2 N–H and O–H groups in total. The molecule has 1 aliphatic heterocycles. The predicted octanol–water partition coefficient (Wildman–Crippen LogP) is 2.74. The molecule has 6 nitrogen and oxygen atoms in total. The van der Waals surface area contributed by atoms with Gasteiger partial charge in [0.1, 0.15) is 5.76 Å². The first kappa shape index (κ1) is 17.5.